The zero-order chi connectivity index (χ0) is 10.3. The van der Waals surface area contributed by atoms with Crippen LogP contribution in [0.1, 0.15) is 13.3 Å². The fourth-order valence-electron chi connectivity index (χ4n) is 2.06. The van der Waals surface area contributed by atoms with E-state index in [9.17, 15) is 4.79 Å². The first-order valence-electron chi connectivity index (χ1n) is 4.61. The van der Waals surface area contributed by atoms with Crippen LogP contribution in [0.25, 0.3) is 0 Å². The van der Waals surface area contributed by atoms with Crippen LogP contribution in [0.5, 0.6) is 0 Å². The second-order valence-corrected chi connectivity index (χ2v) is 3.93. The molecule has 0 saturated carbocycles. The van der Waals surface area contributed by atoms with E-state index in [0.29, 0.717) is 18.1 Å². The van der Waals surface area contributed by atoms with Crippen molar-refractivity contribution in [3.63, 3.8) is 0 Å². The molecule has 4 heteroatoms. The number of carboxylic acid groups (broad SMARTS) is 1. The number of nitrogens with two attached hydrogens (primary N) is 1. The molecule has 0 aromatic heterocycles. The van der Waals surface area contributed by atoms with Crippen LogP contribution in [0.3, 0.4) is 0 Å². The molecular weight excluding hydrogens is 182 g/mol. The zero-order valence-electron chi connectivity index (χ0n) is 7.99. The van der Waals surface area contributed by atoms with Gasteiger partial charge in [0.15, 0.2) is 0 Å². The Morgan fingerprint density at radius 3 is 3.14 bits per heavy atom. The summed E-state index contributed by atoms with van der Waals surface area (Å²) >= 11 is 0. The van der Waals surface area contributed by atoms with Gasteiger partial charge in [-0.3, -0.25) is 4.79 Å². The lowest BCUT2D eigenvalue weighted by Crippen LogP contribution is -2.36. The van der Waals surface area contributed by atoms with E-state index in [2.05, 4.69) is 0 Å². The fourth-order valence-corrected chi connectivity index (χ4v) is 2.06. The smallest absolute Gasteiger partial charge is 0.313 e. The van der Waals surface area contributed by atoms with E-state index >= 15 is 0 Å². The van der Waals surface area contributed by atoms with E-state index in [1.807, 2.05) is 0 Å². The average molecular weight is 195 g/mol. The Balaban J connectivity index is 2.44. The standard InChI is InChI=1S/C10H13NO3/c1-10(9(12)13)4-2-7(11)8-6(10)3-5-14-8/h2,4,6H,3,5,11H2,1H3,(H,12,13). The third-order valence-electron chi connectivity index (χ3n) is 3.06. The maximum Gasteiger partial charge on any atom is 0.313 e. The van der Waals surface area contributed by atoms with Gasteiger partial charge in [0, 0.05) is 5.92 Å². The maximum absolute atomic E-state index is 11.2. The minimum Gasteiger partial charge on any atom is -0.495 e. The van der Waals surface area contributed by atoms with Crippen molar-refractivity contribution < 1.29 is 14.6 Å². The Labute approximate surface area is 82.0 Å². The molecule has 2 rings (SSSR count). The van der Waals surface area contributed by atoms with Crippen LogP contribution < -0.4 is 5.73 Å². The molecule has 0 radical (unpaired) electrons. The van der Waals surface area contributed by atoms with E-state index in [0.717, 1.165) is 6.42 Å². The molecule has 1 aliphatic carbocycles. The summed E-state index contributed by atoms with van der Waals surface area (Å²) in [5.74, 6) is -0.281. The van der Waals surface area contributed by atoms with E-state index in [1.165, 1.54) is 0 Å². The van der Waals surface area contributed by atoms with Crippen molar-refractivity contribution in [2.45, 2.75) is 13.3 Å². The maximum atomic E-state index is 11.2. The molecule has 0 bridgehead atoms. The van der Waals surface area contributed by atoms with Crippen LogP contribution in [0, 0.1) is 11.3 Å². The predicted octanol–water partition coefficient (Wildman–Crippen LogP) is 0.854. The number of hydrogen-bond donors (Lipinski definition) is 2. The Hall–Kier alpha value is -1.45. The van der Waals surface area contributed by atoms with Gasteiger partial charge in [0.1, 0.15) is 5.76 Å². The van der Waals surface area contributed by atoms with Gasteiger partial charge in [-0.25, -0.2) is 0 Å². The van der Waals surface area contributed by atoms with E-state index in [1.54, 1.807) is 19.1 Å². The van der Waals surface area contributed by atoms with Gasteiger partial charge in [0.25, 0.3) is 0 Å². The molecule has 4 nitrogen and oxygen atoms in total. The molecule has 76 valence electrons. The normalized spacial score (nSPS) is 35.4. The lowest BCUT2D eigenvalue weighted by molar-refractivity contribution is -0.147. The molecule has 0 amide bonds. The number of carboxylic acids is 1. The molecule has 2 aliphatic rings. The largest absolute Gasteiger partial charge is 0.495 e. The number of carbonyl (C=O) groups is 1. The van der Waals surface area contributed by atoms with Crippen LogP contribution in [0.15, 0.2) is 23.6 Å². The highest BCUT2D eigenvalue weighted by Crippen LogP contribution is 2.44. The summed E-state index contributed by atoms with van der Waals surface area (Å²) in [5.41, 5.74) is 5.41. The molecule has 14 heavy (non-hydrogen) atoms. The molecule has 2 atom stereocenters. The van der Waals surface area contributed by atoms with E-state index in [-0.39, 0.29) is 5.92 Å². The third kappa shape index (κ3) is 1.03. The summed E-state index contributed by atoms with van der Waals surface area (Å²) in [4.78, 5) is 11.2. The highest BCUT2D eigenvalue weighted by Gasteiger charge is 2.47. The second kappa shape index (κ2) is 2.77. The van der Waals surface area contributed by atoms with Crippen LogP contribution in [-0.2, 0) is 9.53 Å². The van der Waals surface area contributed by atoms with Crippen molar-refractivity contribution in [1.29, 1.82) is 0 Å². The van der Waals surface area contributed by atoms with Gasteiger partial charge in [0.05, 0.1) is 17.7 Å². The number of allylic oxidation sites excluding steroid dienone is 2. The van der Waals surface area contributed by atoms with Gasteiger partial charge >= 0.3 is 5.97 Å². The minimum absolute atomic E-state index is 0.106. The van der Waals surface area contributed by atoms with Gasteiger partial charge in [-0.2, -0.15) is 0 Å². The molecule has 2 unspecified atom stereocenters. The van der Waals surface area contributed by atoms with Gasteiger partial charge < -0.3 is 15.6 Å². The summed E-state index contributed by atoms with van der Waals surface area (Å²) in [6, 6.07) is 0. The van der Waals surface area contributed by atoms with E-state index in [4.69, 9.17) is 15.6 Å². The highest BCUT2D eigenvalue weighted by atomic mass is 16.5. The second-order valence-electron chi connectivity index (χ2n) is 3.93. The Morgan fingerprint density at radius 1 is 1.79 bits per heavy atom. The lowest BCUT2D eigenvalue weighted by Gasteiger charge is -2.30. The van der Waals surface area contributed by atoms with Crippen LogP contribution in [0.4, 0.5) is 0 Å². The molecule has 0 aromatic carbocycles. The predicted molar refractivity (Wildman–Crippen MR) is 50.2 cm³/mol. The van der Waals surface area contributed by atoms with Crippen molar-refractivity contribution >= 4 is 5.97 Å². The molecule has 1 aliphatic heterocycles. The molecule has 1 fully saturated rings. The summed E-state index contributed by atoms with van der Waals surface area (Å²) in [7, 11) is 0. The van der Waals surface area contributed by atoms with Crippen molar-refractivity contribution in [2.24, 2.45) is 17.1 Å². The third-order valence-corrected chi connectivity index (χ3v) is 3.06. The molecule has 0 aromatic rings. The Kier molecular flexibility index (Phi) is 1.80. The first kappa shape index (κ1) is 9.12. The Morgan fingerprint density at radius 2 is 2.50 bits per heavy atom. The summed E-state index contributed by atoms with van der Waals surface area (Å²) in [6.45, 7) is 2.27. The van der Waals surface area contributed by atoms with Crippen LogP contribution in [0.2, 0.25) is 0 Å². The summed E-state index contributed by atoms with van der Waals surface area (Å²) in [5, 5.41) is 9.16. The molecule has 1 saturated heterocycles. The first-order chi connectivity index (χ1) is 6.55. The number of rotatable bonds is 1. The molecule has 1 heterocycles. The van der Waals surface area contributed by atoms with Crippen molar-refractivity contribution in [3.05, 3.63) is 23.6 Å². The van der Waals surface area contributed by atoms with Gasteiger partial charge in [-0.05, 0) is 19.4 Å². The van der Waals surface area contributed by atoms with Gasteiger partial charge in [-0.15, -0.1) is 0 Å². The first-order valence-corrected chi connectivity index (χ1v) is 4.61. The number of ether oxygens (including phenoxy) is 1. The molecule has 3 N–H and O–H groups in total. The van der Waals surface area contributed by atoms with Crippen molar-refractivity contribution in [3.8, 4) is 0 Å². The molecular formula is C10H13NO3. The van der Waals surface area contributed by atoms with Crippen LogP contribution >= 0.6 is 0 Å². The summed E-state index contributed by atoms with van der Waals surface area (Å²) in [6.07, 6.45) is 4.02. The number of fused-ring (bicyclic) bond motifs is 1. The van der Waals surface area contributed by atoms with E-state index < -0.39 is 11.4 Å². The van der Waals surface area contributed by atoms with Crippen LogP contribution in [-0.4, -0.2) is 17.7 Å². The average Bonchev–Trinajstić information content (AvgIpc) is 2.61. The van der Waals surface area contributed by atoms with Gasteiger partial charge in [0.2, 0.25) is 0 Å². The molecule has 0 spiro atoms. The SMILES string of the molecule is CC1(C(=O)O)C=CC(N)=C2OCCC21. The topological polar surface area (TPSA) is 72.5 Å². The zero-order valence-corrected chi connectivity index (χ0v) is 7.99. The minimum atomic E-state index is -0.866. The lowest BCUT2D eigenvalue weighted by atomic mass is 9.72. The highest BCUT2D eigenvalue weighted by molar-refractivity contribution is 5.78. The number of hydrogen-bond acceptors (Lipinski definition) is 3. The Bertz CT molecular complexity index is 345. The van der Waals surface area contributed by atoms with Gasteiger partial charge in [-0.1, -0.05) is 6.08 Å². The summed E-state index contributed by atoms with van der Waals surface area (Å²) < 4.78 is 5.35. The monoisotopic (exact) mass is 195 g/mol. The quantitative estimate of drug-likeness (QED) is 0.650. The van der Waals surface area contributed by atoms with Crippen molar-refractivity contribution in [2.75, 3.05) is 6.61 Å². The fraction of sp³-hybridized carbons (Fsp3) is 0.500. The number of aliphatic carboxylic acids is 1. The van der Waals surface area contributed by atoms with Crippen molar-refractivity contribution in [1.82, 2.24) is 0 Å².